The van der Waals surface area contributed by atoms with Gasteiger partial charge < -0.3 is 14.8 Å². The fourth-order valence-electron chi connectivity index (χ4n) is 1.53. The lowest BCUT2D eigenvalue weighted by Crippen LogP contribution is -2.39. The predicted molar refractivity (Wildman–Crippen MR) is 83.1 cm³/mol. The van der Waals surface area contributed by atoms with Gasteiger partial charge in [-0.05, 0) is 24.1 Å². The summed E-state index contributed by atoms with van der Waals surface area (Å²) >= 11 is 0. The molecular weight excluding hydrogens is 286 g/mol. The average Bonchev–Trinajstić information content (AvgIpc) is 2.52. The first-order valence-electron chi connectivity index (χ1n) is 6.81. The maximum absolute atomic E-state index is 11.5. The van der Waals surface area contributed by atoms with Crippen molar-refractivity contribution in [2.24, 2.45) is 11.0 Å². The topological polar surface area (TPSA) is 89.0 Å². The zero-order chi connectivity index (χ0) is 16.5. The normalized spacial score (nSPS) is 10.6. The number of nitrogens with one attached hydrogen (secondary N) is 2. The molecule has 0 aliphatic heterocycles. The number of rotatable bonds is 6. The molecule has 0 spiro atoms. The molecule has 1 aromatic rings. The van der Waals surface area contributed by atoms with Crippen LogP contribution in [0.2, 0.25) is 0 Å². The van der Waals surface area contributed by atoms with Gasteiger partial charge in [0, 0.05) is 12.1 Å². The summed E-state index contributed by atoms with van der Waals surface area (Å²) in [7, 11) is 3.07. The Morgan fingerprint density at radius 1 is 1.23 bits per heavy atom. The van der Waals surface area contributed by atoms with Crippen LogP contribution in [0.4, 0.5) is 0 Å². The van der Waals surface area contributed by atoms with Crippen LogP contribution in [0.15, 0.2) is 23.3 Å². The Morgan fingerprint density at radius 3 is 2.55 bits per heavy atom. The van der Waals surface area contributed by atoms with Gasteiger partial charge >= 0.3 is 11.8 Å². The summed E-state index contributed by atoms with van der Waals surface area (Å²) in [6.45, 7) is 4.30. The molecule has 0 atom stereocenters. The number of hydrogen-bond donors (Lipinski definition) is 2. The van der Waals surface area contributed by atoms with Gasteiger partial charge in [0.15, 0.2) is 0 Å². The molecule has 1 aromatic carbocycles. The van der Waals surface area contributed by atoms with E-state index < -0.39 is 11.8 Å². The highest BCUT2D eigenvalue weighted by molar-refractivity contribution is 6.35. The van der Waals surface area contributed by atoms with E-state index in [1.807, 2.05) is 13.8 Å². The van der Waals surface area contributed by atoms with Gasteiger partial charge in [0.2, 0.25) is 0 Å². The molecule has 0 bridgehead atoms. The van der Waals surface area contributed by atoms with Crippen molar-refractivity contribution in [2.75, 3.05) is 20.8 Å². The van der Waals surface area contributed by atoms with E-state index in [9.17, 15) is 9.59 Å². The average molecular weight is 307 g/mol. The van der Waals surface area contributed by atoms with Crippen LogP contribution < -0.4 is 20.2 Å². The van der Waals surface area contributed by atoms with E-state index in [0.717, 1.165) is 0 Å². The summed E-state index contributed by atoms with van der Waals surface area (Å²) in [5.41, 5.74) is 2.78. The number of amides is 2. The second-order valence-electron chi connectivity index (χ2n) is 4.91. The smallest absolute Gasteiger partial charge is 0.329 e. The van der Waals surface area contributed by atoms with Crippen molar-refractivity contribution < 1.29 is 19.1 Å². The molecule has 120 valence electrons. The van der Waals surface area contributed by atoms with Gasteiger partial charge in [-0.15, -0.1) is 0 Å². The van der Waals surface area contributed by atoms with Crippen molar-refractivity contribution in [1.29, 1.82) is 0 Å². The Morgan fingerprint density at radius 2 is 1.95 bits per heavy atom. The first-order chi connectivity index (χ1) is 10.5. The van der Waals surface area contributed by atoms with Crippen LogP contribution in [-0.2, 0) is 9.59 Å². The third-order valence-corrected chi connectivity index (χ3v) is 2.68. The fraction of sp³-hybridized carbons (Fsp3) is 0.400. The third kappa shape index (κ3) is 5.43. The Kier molecular flexibility index (Phi) is 6.88. The van der Waals surface area contributed by atoms with Crippen molar-refractivity contribution in [3.05, 3.63) is 23.8 Å². The fourth-order valence-corrected chi connectivity index (χ4v) is 1.53. The Balaban J connectivity index is 2.65. The van der Waals surface area contributed by atoms with Crippen LogP contribution in [-0.4, -0.2) is 38.8 Å². The van der Waals surface area contributed by atoms with Crippen molar-refractivity contribution >= 4 is 18.0 Å². The summed E-state index contributed by atoms with van der Waals surface area (Å²) in [5.74, 6) is -0.0742. The van der Waals surface area contributed by atoms with Crippen molar-refractivity contribution in [3.8, 4) is 11.5 Å². The molecule has 1 rings (SSSR count). The summed E-state index contributed by atoms with van der Waals surface area (Å²) in [6, 6.07) is 5.17. The van der Waals surface area contributed by atoms with E-state index in [0.29, 0.717) is 23.6 Å². The molecule has 22 heavy (non-hydrogen) atoms. The first kappa shape index (κ1) is 17.5. The van der Waals surface area contributed by atoms with Crippen LogP contribution in [0.25, 0.3) is 0 Å². The van der Waals surface area contributed by atoms with Crippen molar-refractivity contribution in [1.82, 2.24) is 10.7 Å². The van der Waals surface area contributed by atoms with Gasteiger partial charge in [0.25, 0.3) is 0 Å². The standard InChI is InChI=1S/C15H21N3O4/c1-10(2)8-16-14(19)15(20)18-17-9-11-7-12(21-3)5-6-13(11)22-4/h5-7,9-10H,8H2,1-4H3,(H,16,19)(H,18,20). The maximum Gasteiger partial charge on any atom is 0.329 e. The van der Waals surface area contributed by atoms with E-state index in [1.165, 1.54) is 13.3 Å². The van der Waals surface area contributed by atoms with Gasteiger partial charge in [-0.25, -0.2) is 5.43 Å². The predicted octanol–water partition coefficient (Wildman–Crippen LogP) is 0.926. The molecular formula is C15H21N3O4. The monoisotopic (exact) mass is 307 g/mol. The highest BCUT2D eigenvalue weighted by Gasteiger charge is 2.12. The molecule has 2 N–H and O–H groups in total. The van der Waals surface area contributed by atoms with Gasteiger partial charge in [-0.1, -0.05) is 13.8 Å². The molecule has 0 aliphatic carbocycles. The first-order valence-corrected chi connectivity index (χ1v) is 6.81. The van der Waals surface area contributed by atoms with Gasteiger partial charge in [0.05, 0.1) is 20.4 Å². The summed E-state index contributed by atoms with van der Waals surface area (Å²) < 4.78 is 10.3. The molecule has 0 unspecified atom stereocenters. The number of methoxy groups -OCH3 is 2. The van der Waals surface area contributed by atoms with Gasteiger partial charge in [-0.3, -0.25) is 9.59 Å². The minimum Gasteiger partial charge on any atom is -0.497 e. The zero-order valence-corrected chi connectivity index (χ0v) is 13.2. The van der Waals surface area contributed by atoms with Crippen molar-refractivity contribution in [2.45, 2.75) is 13.8 Å². The number of carbonyl (C=O) groups is 2. The van der Waals surface area contributed by atoms with Crippen LogP contribution >= 0.6 is 0 Å². The van der Waals surface area contributed by atoms with Crippen LogP contribution in [0, 0.1) is 5.92 Å². The summed E-state index contributed by atoms with van der Waals surface area (Å²) in [4.78, 5) is 23.0. The van der Waals surface area contributed by atoms with Crippen LogP contribution in [0.1, 0.15) is 19.4 Å². The lowest BCUT2D eigenvalue weighted by Gasteiger charge is -2.07. The van der Waals surface area contributed by atoms with E-state index in [-0.39, 0.29) is 5.92 Å². The molecule has 0 aromatic heterocycles. The van der Waals surface area contributed by atoms with Gasteiger partial charge in [-0.2, -0.15) is 5.10 Å². The molecule has 0 fully saturated rings. The second-order valence-corrected chi connectivity index (χ2v) is 4.91. The van der Waals surface area contributed by atoms with E-state index in [4.69, 9.17) is 9.47 Å². The van der Waals surface area contributed by atoms with E-state index in [1.54, 1.807) is 25.3 Å². The molecule has 0 heterocycles. The minimum atomic E-state index is -0.821. The highest BCUT2D eigenvalue weighted by atomic mass is 16.5. The SMILES string of the molecule is COc1ccc(OC)c(C=NNC(=O)C(=O)NCC(C)C)c1. The second kappa shape index (κ2) is 8.66. The number of hydrogen-bond acceptors (Lipinski definition) is 5. The zero-order valence-electron chi connectivity index (χ0n) is 13.2. The molecule has 2 amide bonds. The molecule has 0 saturated heterocycles. The molecule has 7 nitrogen and oxygen atoms in total. The number of ether oxygens (including phenoxy) is 2. The van der Waals surface area contributed by atoms with Crippen LogP contribution in [0.5, 0.6) is 11.5 Å². The Labute approximate surface area is 129 Å². The van der Waals surface area contributed by atoms with Gasteiger partial charge in [0.1, 0.15) is 11.5 Å². The minimum absolute atomic E-state index is 0.265. The van der Waals surface area contributed by atoms with E-state index in [2.05, 4.69) is 15.8 Å². The van der Waals surface area contributed by atoms with Crippen LogP contribution in [0.3, 0.4) is 0 Å². The maximum atomic E-state index is 11.5. The third-order valence-electron chi connectivity index (χ3n) is 2.68. The Hall–Kier alpha value is -2.57. The molecule has 0 aliphatic rings. The quantitative estimate of drug-likeness (QED) is 0.465. The molecule has 7 heteroatoms. The number of benzene rings is 1. The van der Waals surface area contributed by atoms with E-state index >= 15 is 0 Å². The number of nitrogens with zero attached hydrogens (tertiary/aromatic N) is 1. The number of hydrazone groups is 1. The molecule has 0 saturated carbocycles. The Bertz CT molecular complexity index is 556. The lowest BCUT2D eigenvalue weighted by molar-refractivity contribution is -0.139. The lowest BCUT2D eigenvalue weighted by atomic mass is 10.2. The summed E-state index contributed by atoms with van der Waals surface area (Å²) in [5, 5.41) is 6.25. The largest absolute Gasteiger partial charge is 0.497 e. The summed E-state index contributed by atoms with van der Waals surface area (Å²) in [6.07, 6.45) is 1.38. The van der Waals surface area contributed by atoms with Crippen molar-refractivity contribution in [3.63, 3.8) is 0 Å². The highest BCUT2D eigenvalue weighted by Crippen LogP contribution is 2.22. The molecule has 0 radical (unpaired) electrons. The number of carbonyl (C=O) groups excluding carboxylic acids is 2.